The Morgan fingerprint density at radius 1 is 1.23 bits per heavy atom. The van der Waals surface area contributed by atoms with E-state index >= 15 is 0 Å². The summed E-state index contributed by atoms with van der Waals surface area (Å²) >= 11 is 5.36. The number of hydrogen-bond acceptors (Lipinski definition) is 1. The predicted octanol–water partition coefficient (Wildman–Crippen LogP) is 3.57. The van der Waals surface area contributed by atoms with Crippen LogP contribution in [0, 0.1) is 0 Å². The molecule has 0 saturated heterocycles. The molecule has 0 aromatic heterocycles. The summed E-state index contributed by atoms with van der Waals surface area (Å²) in [6.07, 6.45) is 1.93. The minimum Gasteiger partial charge on any atom is -0.273 e. The molecule has 0 spiro atoms. The highest BCUT2D eigenvalue weighted by Crippen LogP contribution is 2.18. The summed E-state index contributed by atoms with van der Waals surface area (Å²) in [5.74, 6) is 0. The van der Waals surface area contributed by atoms with Crippen molar-refractivity contribution in [3.63, 3.8) is 0 Å². The van der Waals surface area contributed by atoms with Crippen LogP contribution in [0.1, 0.15) is 25.8 Å². The summed E-state index contributed by atoms with van der Waals surface area (Å²) in [4.78, 5) is 0. The molecule has 0 unspecified atom stereocenters. The number of halogens is 1. The summed E-state index contributed by atoms with van der Waals surface area (Å²) in [6.45, 7) is 3.98. The molecule has 72 valence electrons. The van der Waals surface area contributed by atoms with Crippen molar-refractivity contribution in [2.24, 2.45) is 0 Å². The van der Waals surface area contributed by atoms with Gasteiger partial charge in [-0.05, 0) is 32.3 Å². The van der Waals surface area contributed by atoms with Crippen LogP contribution in [0.4, 0.5) is 0 Å². The molecule has 1 aromatic carbocycles. The Balaban J connectivity index is 2.44. The Hall–Kier alpha value is -0.530. The van der Waals surface area contributed by atoms with Crippen LogP contribution in [-0.4, -0.2) is 5.60 Å². The molecular weight excluding hydrogens is 184 g/mol. The third kappa shape index (κ3) is 3.79. The van der Waals surface area contributed by atoms with Crippen LogP contribution in [0.5, 0.6) is 0 Å². The van der Waals surface area contributed by atoms with Gasteiger partial charge in [-0.25, -0.2) is 0 Å². The first-order valence-corrected chi connectivity index (χ1v) is 4.78. The van der Waals surface area contributed by atoms with Crippen LogP contribution in [-0.2, 0) is 10.7 Å². The van der Waals surface area contributed by atoms with E-state index in [9.17, 15) is 0 Å². The standard InChI is InChI=1S/C11H15ClO/c1-11(2,13-12)9-8-10-6-4-3-5-7-10/h3-7H,8-9H2,1-2H3. The number of aryl methyl sites for hydroxylation is 1. The topological polar surface area (TPSA) is 9.23 Å². The van der Waals surface area contributed by atoms with Gasteiger partial charge in [0.1, 0.15) is 0 Å². The van der Waals surface area contributed by atoms with E-state index in [-0.39, 0.29) is 5.60 Å². The third-order valence-electron chi connectivity index (χ3n) is 2.07. The molecule has 1 aromatic rings. The second-order valence-corrected chi connectivity index (χ2v) is 3.98. The molecule has 2 heteroatoms. The van der Waals surface area contributed by atoms with Crippen molar-refractivity contribution in [2.75, 3.05) is 0 Å². The van der Waals surface area contributed by atoms with E-state index in [2.05, 4.69) is 12.1 Å². The first kappa shape index (κ1) is 10.6. The van der Waals surface area contributed by atoms with Gasteiger partial charge in [-0.2, -0.15) is 0 Å². The van der Waals surface area contributed by atoms with Gasteiger partial charge in [0.15, 0.2) is 0 Å². The fourth-order valence-electron chi connectivity index (χ4n) is 1.13. The maximum absolute atomic E-state index is 5.36. The largest absolute Gasteiger partial charge is 0.273 e. The second kappa shape index (κ2) is 4.64. The van der Waals surface area contributed by atoms with Crippen LogP contribution in [0.25, 0.3) is 0 Å². The van der Waals surface area contributed by atoms with Gasteiger partial charge in [0, 0.05) is 0 Å². The maximum atomic E-state index is 5.36. The molecule has 0 N–H and O–H groups in total. The smallest absolute Gasteiger partial charge is 0.0844 e. The summed E-state index contributed by atoms with van der Waals surface area (Å²) < 4.78 is 4.83. The van der Waals surface area contributed by atoms with Crippen LogP contribution in [0.3, 0.4) is 0 Å². The van der Waals surface area contributed by atoms with Crippen molar-refractivity contribution >= 4 is 11.9 Å². The lowest BCUT2D eigenvalue weighted by Gasteiger charge is -2.19. The lowest BCUT2D eigenvalue weighted by molar-refractivity contribution is 0.115. The van der Waals surface area contributed by atoms with Gasteiger partial charge in [0.2, 0.25) is 0 Å². The molecule has 0 fully saturated rings. The Labute approximate surface area is 84.8 Å². The summed E-state index contributed by atoms with van der Waals surface area (Å²) in [5.41, 5.74) is 1.08. The molecular formula is C11H15ClO. The molecule has 0 aliphatic heterocycles. The zero-order valence-electron chi connectivity index (χ0n) is 8.09. The van der Waals surface area contributed by atoms with Crippen molar-refractivity contribution in [3.8, 4) is 0 Å². The zero-order valence-corrected chi connectivity index (χ0v) is 8.84. The Morgan fingerprint density at radius 3 is 2.38 bits per heavy atom. The first-order valence-electron chi connectivity index (χ1n) is 4.48. The molecule has 1 nitrogen and oxygen atoms in total. The van der Waals surface area contributed by atoms with Gasteiger partial charge in [-0.1, -0.05) is 30.3 Å². The SMILES string of the molecule is CC(C)(CCc1ccccc1)OCl. The molecule has 13 heavy (non-hydrogen) atoms. The molecule has 1 rings (SSSR count). The molecule has 0 amide bonds. The number of rotatable bonds is 4. The van der Waals surface area contributed by atoms with Gasteiger partial charge in [0.25, 0.3) is 0 Å². The van der Waals surface area contributed by atoms with Crippen LogP contribution < -0.4 is 0 Å². The van der Waals surface area contributed by atoms with Gasteiger partial charge >= 0.3 is 0 Å². The Bertz CT molecular complexity index is 244. The number of benzene rings is 1. The molecule has 0 saturated carbocycles. The fourth-order valence-corrected chi connectivity index (χ4v) is 1.21. The van der Waals surface area contributed by atoms with Crippen molar-refractivity contribution in [1.82, 2.24) is 0 Å². The molecule has 0 heterocycles. The summed E-state index contributed by atoms with van der Waals surface area (Å²) in [7, 11) is 0. The highest BCUT2D eigenvalue weighted by Gasteiger charge is 2.17. The van der Waals surface area contributed by atoms with Gasteiger partial charge in [-0.15, -0.1) is 0 Å². The molecule has 0 aliphatic rings. The lowest BCUT2D eigenvalue weighted by Crippen LogP contribution is -2.20. The monoisotopic (exact) mass is 198 g/mol. The quantitative estimate of drug-likeness (QED) is 0.719. The van der Waals surface area contributed by atoms with Gasteiger partial charge < -0.3 is 0 Å². The molecule has 0 bridgehead atoms. The summed E-state index contributed by atoms with van der Waals surface area (Å²) in [5, 5.41) is 0. The Morgan fingerprint density at radius 2 is 1.85 bits per heavy atom. The minimum absolute atomic E-state index is 0.239. The highest BCUT2D eigenvalue weighted by molar-refractivity contribution is 6.07. The normalized spacial score (nSPS) is 11.6. The van der Waals surface area contributed by atoms with Crippen molar-refractivity contribution < 1.29 is 4.29 Å². The maximum Gasteiger partial charge on any atom is 0.0844 e. The minimum atomic E-state index is -0.239. The lowest BCUT2D eigenvalue weighted by atomic mass is 9.99. The van der Waals surface area contributed by atoms with E-state index in [1.165, 1.54) is 5.56 Å². The summed E-state index contributed by atoms with van der Waals surface area (Å²) in [6, 6.07) is 10.3. The zero-order chi connectivity index (χ0) is 9.73. The third-order valence-corrected chi connectivity index (χ3v) is 2.49. The van der Waals surface area contributed by atoms with E-state index in [0.29, 0.717) is 0 Å². The van der Waals surface area contributed by atoms with E-state index in [1.807, 2.05) is 32.0 Å². The van der Waals surface area contributed by atoms with Crippen LogP contribution in [0.15, 0.2) is 30.3 Å². The van der Waals surface area contributed by atoms with E-state index in [4.69, 9.17) is 16.2 Å². The van der Waals surface area contributed by atoms with E-state index in [0.717, 1.165) is 12.8 Å². The Kier molecular flexibility index (Phi) is 3.76. The first-order chi connectivity index (χ1) is 6.14. The van der Waals surface area contributed by atoms with Crippen molar-refractivity contribution in [2.45, 2.75) is 32.3 Å². The average Bonchev–Trinajstić information content (AvgIpc) is 2.17. The van der Waals surface area contributed by atoms with Gasteiger partial charge in [0.05, 0.1) is 17.5 Å². The molecule has 0 aliphatic carbocycles. The second-order valence-electron chi connectivity index (χ2n) is 3.82. The van der Waals surface area contributed by atoms with Crippen LogP contribution >= 0.6 is 11.9 Å². The fraction of sp³-hybridized carbons (Fsp3) is 0.455. The van der Waals surface area contributed by atoms with Crippen molar-refractivity contribution in [1.29, 1.82) is 0 Å². The number of hydrogen-bond donors (Lipinski definition) is 0. The molecule has 0 radical (unpaired) electrons. The predicted molar refractivity (Wildman–Crippen MR) is 55.8 cm³/mol. The van der Waals surface area contributed by atoms with E-state index < -0.39 is 0 Å². The average molecular weight is 199 g/mol. The van der Waals surface area contributed by atoms with Crippen molar-refractivity contribution in [3.05, 3.63) is 35.9 Å². The van der Waals surface area contributed by atoms with Gasteiger partial charge in [-0.3, -0.25) is 4.29 Å². The van der Waals surface area contributed by atoms with Crippen LogP contribution in [0.2, 0.25) is 0 Å². The van der Waals surface area contributed by atoms with E-state index in [1.54, 1.807) is 0 Å². The highest BCUT2D eigenvalue weighted by atomic mass is 35.5. The molecule has 0 atom stereocenters.